The number of para-hydroxylation sites is 2. The number of rotatable bonds is 8. The van der Waals surface area contributed by atoms with Gasteiger partial charge in [-0.1, -0.05) is 45.0 Å². The highest BCUT2D eigenvalue weighted by molar-refractivity contribution is 5.94. The van der Waals surface area contributed by atoms with Gasteiger partial charge in [0.25, 0.3) is 5.91 Å². The van der Waals surface area contributed by atoms with Crippen molar-refractivity contribution < 1.29 is 14.3 Å². The van der Waals surface area contributed by atoms with Crippen molar-refractivity contribution in [2.45, 2.75) is 45.7 Å². The van der Waals surface area contributed by atoms with Gasteiger partial charge in [0, 0.05) is 5.56 Å². The number of hydrogen-bond acceptors (Lipinski definition) is 4. The molecule has 1 heterocycles. The zero-order chi connectivity index (χ0) is 25.0. The number of nitrogens with one attached hydrogen (secondary N) is 1. The number of benzene rings is 3. The van der Waals surface area contributed by atoms with Gasteiger partial charge in [0.05, 0.1) is 30.7 Å². The third-order valence-electron chi connectivity index (χ3n) is 6.08. The Morgan fingerprint density at radius 1 is 0.971 bits per heavy atom. The van der Waals surface area contributed by atoms with Gasteiger partial charge in [0.15, 0.2) is 0 Å². The van der Waals surface area contributed by atoms with E-state index in [1.54, 1.807) is 31.4 Å². The second-order valence-electron chi connectivity index (χ2n) is 9.66. The zero-order valence-electron chi connectivity index (χ0n) is 21.0. The Morgan fingerprint density at radius 2 is 1.63 bits per heavy atom. The molecule has 0 aliphatic carbocycles. The maximum atomic E-state index is 12.8. The van der Waals surface area contributed by atoms with Gasteiger partial charge >= 0.3 is 0 Å². The Balaban J connectivity index is 1.48. The molecule has 0 saturated carbocycles. The van der Waals surface area contributed by atoms with Crippen molar-refractivity contribution in [2.24, 2.45) is 0 Å². The molecule has 4 rings (SSSR count). The molecular formula is C29H33N3O3. The lowest BCUT2D eigenvalue weighted by Crippen LogP contribution is -2.29. The number of aromatic nitrogens is 2. The van der Waals surface area contributed by atoms with E-state index < -0.39 is 0 Å². The van der Waals surface area contributed by atoms with Gasteiger partial charge in [-0.15, -0.1) is 0 Å². The fourth-order valence-corrected chi connectivity index (χ4v) is 4.05. The second-order valence-corrected chi connectivity index (χ2v) is 9.66. The van der Waals surface area contributed by atoms with Gasteiger partial charge in [0.2, 0.25) is 0 Å². The minimum Gasteiger partial charge on any atom is -0.497 e. The molecule has 1 aromatic heterocycles. The summed E-state index contributed by atoms with van der Waals surface area (Å²) in [4.78, 5) is 17.7. The van der Waals surface area contributed by atoms with Crippen LogP contribution in [0.25, 0.3) is 11.0 Å². The SMILES string of the molecule is COc1ccc(C(=O)NC(C)c2nc3ccccc3n2CCOc2ccc(C(C)(C)C)cc2)cc1. The van der Waals surface area contributed by atoms with Crippen molar-refractivity contribution in [3.05, 3.63) is 89.7 Å². The first-order valence-corrected chi connectivity index (χ1v) is 11.9. The standard InChI is InChI=1S/C29H33N3O3/c1-20(30-28(33)21-10-14-23(34-5)15-11-21)27-31-25-8-6-7-9-26(25)32(27)18-19-35-24-16-12-22(13-17-24)29(2,3)4/h6-17,20H,18-19H2,1-5H3,(H,30,33). The number of methoxy groups -OCH3 is 1. The third-order valence-corrected chi connectivity index (χ3v) is 6.08. The summed E-state index contributed by atoms with van der Waals surface area (Å²) in [7, 11) is 1.60. The number of amides is 1. The van der Waals surface area contributed by atoms with Crippen LogP contribution in [0.5, 0.6) is 11.5 Å². The monoisotopic (exact) mass is 471 g/mol. The molecule has 1 unspecified atom stereocenters. The molecule has 0 aliphatic rings. The Labute approximate surface area is 206 Å². The van der Waals surface area contributed by atoms with E-state index in [2.05, 4.69) is 42.8 Å². The number of carbonyl (C=O) groups is 1. The molecule has 6 heteroatoms. The minimum absolute atomic E-state index is 0.107. The van der Waals surface area contributed by atoms with Gasteiger partial charge in [-0.3, -0.25) is 4.79 Å². The molecule has 0 fully saturated rings. The minimum atomic E-state index is -0.289. The number of hydrogen-bond donors (Lipinski definition) is 1. The number of ether oxygens (including phenoxy) is 2. The summed E-state index contributed by atoms with van der Waals surface area (Å²) in [5.41, 5.74) is 3.86. The van der Waals surface area contributed by atoms with Crippen molar-refractivity contribution in [2.75, 3.05) is 13.7 Å². The molecule has 4 aromatic rings. The van der Waals surface area contributed by atoms with Crippen molar-refractivity contribution in [3.63, 3.8) is 0 Å². The van der Waals surface area contributed by atoms with Crippen LogP contribution in [0, 0.1) is 0 Å². The first-order chi connectivity index (χ1) is 16.8. The Hall–Kier alpha value is -3.80. The van der Waals surface area contributed by atoms with E-state index in [9.17, 15) is 4.79 Å². The lowest BCUT2D eigenvalue weighted by atomic mass is 9.87. The zero-order valence-corrected chi connectivity index (χ0v) is 21.0. The number of carbonyl (C=O) groups excluding carboxylic acids is 1. The van der Waals surface area contributed by atoms with Crippen LogP contribution >= 0.6 is 0 Å². The summed E-state index contributed by atoms with van der Waals surface area (Å²) < 4.78 is 13.4. The molecule has 3 aromatic carbocycles. The summed E-state index contributed by atoms with van der Waals surface area (Å²) in [6, 6.07) is 23.0. The molecule has 35 heavy (non-hydrogen) atoms. The Kier molecular flexibility index (Phi) is 7.10. The van der Waals surface area contributed by atoms with E-state index in [1.165, 1.54) is 5.56 Å². The molecular weight excluding hydrogens is 438 g/mol. The van der Waals surface area contributed by atoms with Crippen LogP contribution in [0.4, 0.5) is 0 Å². The van der Waals surface area contributed by atoms with E-state index in [0.29, 0.717) is 24.5 Å². The largest absolute Gasteiger partial charge is 0.497 e. The molecule has 1 amide bonds. The maximum absolute atomic E-state index is 12.8. The van der Waals surface area contributed by atoms with Gasteiger partial charge in [-0.25, -0.2) is 4.98 Å². The molecule has 1 atom stereocenters. The van der Waals surface area contributed by atoms with Crippen molar-refractivity contribution in [3.8, 4) is 11.5 Å². The first-order valence-electron chi connectivity index (χ1n) is 11.9. The molecule has 6 nitrogen and oxygen atoms in total. The van der Waals surface area contributed by atoms with E-state index in [0.717, 1.165) is 22.6 Å². The smallest absolute Gasteiger partial charge is 0.251 e. The highest BCUT2D eigenvalue weighted by Gasteiger charge is 2.19. The van der Waals surface area contributed by atoms with E-state index in [4.69, 9.17) is 14.5 Å². The Bertz CT molecular complexity index is 1290. The summed E-state index contributed by atoms with van der Waals surface area (Å²) in [5, 5.41) is 3.08. The molecule has 182 valence electrons. The first kappa shape index (κ1) is 24.3. The van der Waals surface area contributed by atoms with Crippen molar-refractivity contribution in [1.82, 2.24) is 14.9 Å². The lowest BCUT2D eigenvalue weighted by Gasteiger charge is -2.19. The number of nitrogens with zero attached hydrogens (tertiary/aromatic N) is 2. The summed E-state index contributed by atoms with van der Waals surface area (Å²) in [6.45, 7) is 9.64. The topological polar surface area (TPSA) is 65.4 Å². The van der Waals surface area contributed by atoms with Crippen LogP contribution in [-0.4, -0.2) is 29.2 Å². The van der Waals surface area contributed by atoms with Crippen molar-refractivity contribution in [1.29, 1.82) is 0 Å². The Morgan fingerprint density at radius 3 is 2.29 bits per heavy atom. The van der Waals surface area contributed by atoms with E-state index in [-0.39, 0.29) is 17.4 Å². The van der Waals surface area contributed by atoms with Gasteiger partial charge in [-0.05, 0) is 66.4 Å². The molecule has 0 aliphatic heterocycles. The van der Waals surface area contributed by atoms with Crippen molar-refractivity contribution >= 4 is 16.9 Å². The van der Waals surface area contributed by atoms with Gasteiger partial charge < -0.3 is 19.4 Å². The summed E-state index contributed by atoms with van der Waals surface area (Å²) in [5.74, 6) is 2.18. The average molecular weight is 472 g/mol. The molecule has 1 N–H and O–H groups in total. The third kappa shape index (κ3) is 5.65. The van der Waals surface area contributed by atoms with Crippen LogP contribution in [0.15, 0.2) is 72.8 Å². The number of imidazole rings is 1. The van der Waals surface area contributed by atoms with Crippen LogP contribution in [0.1, 0.15) is 55.5 Å². The molecule has 0 spiro atoms. The quantitative estimate of drug-likeness (QED) is 0.347. The van der Waals surface area contributed by atoms with Crippen LogP contribution in [0.3, 0.4) is 0 Å². The molecule has 0 saturated heterocycles. The summed E-state index contributed by atoms with van der Waals surface area (Å²) >= 11 is 0. The fraction of sp³-hybridized carbons (Fsp3) is 0.310. The molecule has 0 radical (unpaired) electrons. The van der Waals surface area contributed by atoms with E-state index >= 15 is 0 Å². The normalized spacial score (nSPS) is 12.4. The van der Waals surface area contributed by atoms with Crippen LogP contribution < -0.4 is 14.8 Å². The highest BCUT2D eigenvalue weighted by atomic mass is 16.5. The molecule has 0 bridgehead atoms. The number of fused-ring (bicyclic) bond motifs is 1. The van der Waals surface area contributed by atoms with Crippen LogP contribution in [0.2, 0.25) is 0 Å². The average Bonchev–Trinajstić information content (AvgIpc) is 3.22. The van der Waals surface area contributed by atoms with Gasteiger partial charge in [-0.2, -0.15) is 0 Å². The maximum Gasteiger partial charge on any atom is 0.251 e. The fourth-order valence-electron chi connectivity index (χ4n) is 4.05. The lowest BCUT2D eigenvalue weighted by molar-refractivity contribution is 0.0937. The predicted octanol–water partition coefficient (Wildman–Crippen LogP) is 5.91. The summed E-state index contributed by atoms with van der Waals surface area (Å²) in [6.07, 6.45) is 0. The van der Waals surface area contributed by atoms with Gasteiger partial charge in [0.1, 0.15) is 23.9 Å². The predicted molar refractivity (Wildman–Crippen MR) is 139 cm³/mol. The highest BCUT2D eigenvalue weighted by Crippen LogP contribution is 2.25. The van der Waals surface area contributed by atoms with E-state index in [1.807, 2.05) is 43.3 Å². The second kappa shape index (κ2) is 10.2. The van der Waals surface area contributed by atoms with Crippen LogP contribution in [-0.2, 0) is 12.0 Å².